The Labute approximate surface area is 102 Å². The number of rotatable bonds is 7. The number of carbonyl (C=O) groups excluding carboxylic acids is 1. The van der Waals surface area contributed by atoms with E-state index >= 15 is 0 Å². The largest absolute Gasteiger partial charge is 0.349 e. The lowest BCUT2D eigenvalue weighted by atomic mass is 10.4. The highest BCUT2D eigenvalue weighted by Gasteiger charge is 2.08. The number of carbonyl (C=O) groups is 1. The first-order valence-corrected chi connectivity index (χ1v) is 5.86. The van der Waals surface area contributed by atoms with Gasteiger partial charge in [0.25, 0.3) is 5.91 Å². The van der Waals surface area contributed by atoms with Crippen molar-refractivity contribution in [2.24, 2.45) is 5.73 Å². The first-order valence-electron chi connectivity index (χ1n) is 5.86. The fourth-order valence-corrected chi connectivity index (χ4v) is 1.36. The Bertz CT molecular complexity index is 349. The summed E-state index contributed by atoms with van der Waals surface area (Å²) in [7, 11) is 2.02. The minimum atomic E-state index is -0.134. The number of hydrogen-bond donors (Lipinski definition) is 2. The monoisotopic (exact) mass is 239 g/mol. The van der Waals surface area contributed by atoms with Gasteiger partial charge < -0.3 is 20.5 Å². The zero-order valence-electron chi connectivity index (χ0n) is 10.5. The number of likely N-dealkylation sites (N-methyl/N-ethyl adjacent to an activating group) is 1. The van der Waals surface area contributed by atoms with Crippen LogP contribution in [-0.2, 0) is 6.54 Å². The molecule has 0 spiro atoms. The number of nitrogens with zero attached hydrogens (tertiary/aromatic N) is 3. The van der Waals surface area contributed by atoms with Gasteiger partial charge in [-0.1, -0.05) is 6.92 Å². The van der Waals surface area contributed by atoms with Gasteiger partial charge in [0.05, 0.1) is 6.33 Å². The maximum absolute atomic E-state index is 11.7. The van der Waals surface area contributed by atoms with E-state index in [4.69, 9.17) is 5.73 Å². The number of nitrogens with two attached hydrogens (primary N) is 1. The molecule has 0 radical (unpaired) electrons. The van der Waals surface area contributed by atoms with E-state index in [0.29, 0.717) is 25.3 Å². The Hall–Kier alpha value is -1.40. The molecule has 1 aromatic rings. The summed E-state index contributed by atoms with van der Waals surface area (Å²) < 4.78 is 1.81. The summed E-state index contributed by atoms with van der Waals surface area (Å²) in [5, 5.41) is 2.83. The third kappa shape index (κ3) is 4.54. The lowest BCUT2D eigenvalue weighted by Crippen LogP contribution is -2.33. The normalized spacial score (nSPS) is 10.8. The van der Waals surface area contributed by atoms with Gasteiger partial charge in [0.1, 0.15) is 5.69 Å². The van der Waals surface area contributed by atoms with Gasteiger partial charge in [-0.3, -0.25) is 4.79 Å². The zero-order chi connectivity index (χ0) is 12.7. The van der Waals surface area contributed by atoms with Gasteiger partial charge in [0.2, 0.25) is 0 Å². The third-order valence-corrected chi connectivity index (χ3v) is 2.57. The molecule has 0 saturated carbocycles. The van der Waals surface area contributed by atoms with Gasteiger partial charge >= 0.3 is 0 Å². The van der Waals surface area contributed by atoms with Crippen LogP contribution in [0.5, 0.6) is 0 Å². The molecule has 0 bridgehead atoms. The summed E-state index contributed by atoms with van der Waals surface area (Å²) in [6.45, 7) is 5.74. The van der Waals surface area contributed by atoms with Crippen molar-refractivity contribution in [3.63, 3.8) is 0 Å². The van der Waals surface area contributed by atoms with E-state index in [1.165, 1.54) is 0 Å². The summed E-state index contributed by atoms with van der Waals surface area (Å²) in [5.74, 6) is -0.134. The molecular formula is C11H21N5O. The third-order valence-electron chi connectivity index (χ3n) is 2.57. The molecule has 0 saturated heterocycles. The standard InChI is InChI=1S/C11H21N5O/c1-3-15(2)7-5-13-11(17)10-8-16(6-4-12)9-14-10/h8-9H,3-7,12H2,1-2H3,(H,13,17). The fourth-order valence-electron chi connectivity index (χ4n) is 1.36. The van der Waals surface area contributed by atoms with Crippen LogP contribution in [0.4, 0.5) is 0 Å². The quantitative estimate of drug-likeness (QED) is 0.674. The van der Waals surface area contributed by atoms with Gasteiger partial charge in [-0.25, -0.2) is 4.98 Å². The van der Waals surface area contributed by atoms with Crippen LogP contribution in [0.25, 0.3) is 0 Å². The molecule has 0 fully saturated rings. The van der Waals surface area contributed by atoms with Crippen molar-refractivity contribution < 1.29 is 4.79 Å². The molecule has 17 heavy (non-hydrogen) atoms. The van der Waals surface area contributed by atoms with Crippen LogP contribution in [0.3, 0.4) is 0 Å². The average Bonchev–Trinajstić information content (AvgIpc) is 2.78. The van der Waals surface area contributed by atoms with Crippen LogP contribution in [0, 0.1) is 0 Å². The molecule has 0 aliphatic carbocycles. The van der Waals surface area contributed by atoms with Crippen molar-refractivity contribution in [1.29, 1.82) is 0 Å². The van der Waals surface area contributed by atoms with Crippen molar-refractivity contribution in [1.82, 2.24) is 19.8 Å². The highest BCUT2D eigenvalue weighted by molar-refractivity contribution is 5.91. The van der Waals surface area contributed by atoms with Gasteiger partial charge in [-0.15, -0.1) is 0 Å². The van der Waals surface area contributed by atoms with Crippen LogP contribution in [0.2, 0.25) is 0 Å². The minimum absolute atomic E-state index is 0.134. The van der Waals surface area contributed by atoms with Crippen molar-refractivity contribution in [3.05, 3.63) is 18.2 Å². The molecule has 1 heterocycles. The number of imidazole rings is 1. The van der Waals surface area contributed by atoms with Crippen LogP contribution in [0.1, 0.15) is 17.4 Å². The summed E-state index contributed by atoms with van der Waals surface area (Å²) in [6, 6.07) is 0. The summed E-state index contributed by atoms with van der Waals surface area (Å²) >= 11 is 0. The van der Waals surface area contributed by atoms with Gasteiger partial charge in [0.15, 0.2) is 0 Å². The second-order valence-electron chi connectivity index (χ2n) is 3.94. The van der Waals surface area contributed by atoms with E-state index in [1.807, 2.05) is 11.6 Å². The van der Waals surface area contributed by atoms with Crippen LogP contribution in [-0.4, -0.2) is 53.6 Å². The SMILES string of the molecule is CCN(C)CCNC(=O)c1cn(CCN)cn1. The first-order chi connectivity index (χ1) is 8.17. The number of nitrogens with one attached hydrogen (secondary N) is 1. The number of amides is 1. The van der Waals surface area contributed by atoms with Crippen molar-refractivity contribution in [2.75, 3.05) is 33.2 Å². The highest BCUT2D eigenvalue weighted by Crippen LogP contribution is 1.95. The fraction of sp³-hybridized carbons (Fsp3) is 0.636. The van der Waals surface area contributed by atoms with E-state index in [2.05, 4.69) is 22.1 Å². The maximum atomic E-state index is 11.7. The molecule has 3 N–H and O–H groups in total. The van der Waals surface area contributed by atoms with Crippen LogP contribution >= 0.6 is 0 Å². The second kappa shape index (κ2) is 7.03. The molecule has 1 rings (SSSR count). The van der Waals surface area contributed by atoms with Gasteiger partial charge in [0, 0.05) is 32.4 Å². The molecular weight excluding hydrogens is 218 g/mol. The van der Waals surface area contributed by atoms with E-state index in [0.717, 1.165) is 13.1 Å². The smallest absolute Gasteiger partial charge is 0.271 e. The first kappa shape index (κ1) is 13.7. The van der Waals surface area contributed by atoms with E-state index < -0.39 is 0 Å². The van der Waals surface area contributed by atoms with E-state index in [-0.39, 0.29) is 5.91 Å². The molecule has 1 amide bonds. The predicted molar refractivity (Wildman–Crippen MR) is 66.8 cm³/mol. The Morgan fingerprint density at radius 3 is 3.06 bits per heavy atom. The molecule has 1 aromatic heterocycles. The molecule has 0 unspecified atom stereocenters. The molecule has 6 heteroatoms. The average molecular weight is 239 g/mol. The Kier molecular flexibility index (Phi) is 5.65. The molecule has 0 aromatic carbocycles. The molecule has 0 atom stereocenters. The van der Waals surface area contributed by atoms with Crippen molar-refractivity contribution in [3.8, 4) is 0 Å². The molecule has 96 valence electrons. The van der Waals surface area contributed by atoms with Gasteiger partial charge in [-0.05, 0) is 13.6 Å². The Morgan fingerprint density at radius 2 is 2.41 bits per heavy atom. The van der Waals surface area contributed by atoms with Gasteiger partial charge in [-0.2, -0.15) is 0 Å². The maximum Gasteiger partial charge on any atom is 0.271 e. The predicted octanol–water partition coefficient (Wildman–Crippen LogP) is -0.477. The summed E-state index contributed by atoms with van der Waals surface area (Å²) in [4.78, 5) is 17.9. The molecule has 0 aliphatic rings. The topological polar surface area (TPSA) is 76.2 Å². The van der Waals surface area contributed by atoms with E-state index in [1.54, 1.807) is 12.5 Å². The lowest BCUT2D eigenvalue weighted by molar-refractivity contribution is 0.0945. The minimum Gasteiger partial charge on any atom is -0.349 e. The zero-order valence-corrected chi connectivity index (χ0v) is 10.5. The van der Waals surface area contributed by atoms with Crippen molar-refractivity contribution in [2.45, 2.75) is 13.5 Å². The highest BCUT2D eigenvalue weighted by atomic mass is 16.1. The van der Waals surface area contributed by atoms with Crippen molar-refractivity contribution >= 4 is 5.91 Å². The number of hydrogen-bond acceptors (Lipinski definition) is 4. The van der Waals surface area contributed by atoms with Crippen LogP contribution < -0.4 is 11.1 Å². The Morgan fingerprint density at radius 1 is 1.65 bits per heavy atom. The van der Waals surface area contributed by atoms with E-state index in [9.17, 15) is 4.79 Å². The molecule has 0 aliphatic heterocycles. The number of aromatic nitrogens is 2. The molecule has 6 nitrogen and oxygen atoms in total. The second-order valence-corrected chi connectivity index (χ2v) is 3.94. The van der Waals surface area contributed by atoms with Crippen LogP contribution in [0.15, 0.2) is 12.5 Å². The summed E-state index contributed by atoms with van der Waals surface area (Å²) in [6.07, 6.45) is 3.34. The summed E-state index contributed by atoms with van der Waals surface area (Å²) in [5.41, 5.74) is 5.86. The Balaban J connectivity index is 2.36. The lowest BCUT2D eigenvalue weighted by Gasteiger charge is -2.13.